The number of hydrogen-bond acceptors (Lipinski definition) is 3. The Labute approximate surface area is 101 Å². The number of hydrogen-bond donors (Lipinski definition) is 1. The van der Waals surface area contributed by atoms with Crippen LogP contribution in [0.5, 0.6) is 0 Å². The smallest absolute Gasteiger partial charge is 0.126 e. The van der Waals surface area contributed by atoms with Crippen LogP contribution in [0.15, 0.2) is 24.3 Å². The maximum atomic E-state index is 9.34. The van der Waals surface area contributed by atoms with Crippen LogP contribution in [0.3, 0.4) is 0 Å². The predicted molar refractivity (Wildman–Crippen MR) is 69.7 cm³/mol. The number of anilines is 1. The predicted octanol–water partition coefficient (Wildman–Crippen LogP) is 3.20. The second-order valence-electron chi connectivity index (χ2n) is 4.30. The van der Waals surface area contributed by atoms with Crippen molar-refractivity contribution in [2.45, 2.75) is 25.3 Å². The molecule has 1 fully saturated rings. The number of nitrogens with one attached hydrogen (secondary N) is 1. The minimum Gasteiger partial charge on any atom is -0.367 e. The first-order chi connectivity index (χ1) is 7.74. The van der Waals surface area contributed by atoms with Gasteiger partial charge in [0.25, 0.3) is 0 Å². The van der Waals surface area contributed by atoms with Crippen LogP contribution in [0.2, 0.25) is 0 Å². The van der Waals surface area contributed by atoms with Gasteiger partial charge in [0.15, 0.2) is 0 Å². The van der Waals surface area contributed by atoms with Gasteiger partial charge in [0.1, 0.15) is 5.54 Å². The lowest BCUT2D eigenvalue weighted by Gasteiger charge is -2.32. The van der Waals surface area contributed by atoms with E-state index >= 15 is 0 Å². The van der Waals surface area contributed by atoms with E-state index in [4.69, 9.17) is 0 Å². The highest BCUT2D eigenvalue weighted by atomic mass is 32.2. The zero-order valence-electron chi connectivity index (χ0n) is 9.49. The molecule has 1 saturated heterocycles. The Balaban J connectivity index is 2.12. The maximum absolute atomic E-state index is 9.34. The Kier molecular flexibility index (Phi) is 3.40. The molecule has 0 spiro atoms. The number of thioether (sulfide) groups is 1. The third-order valence-corrected chi connectivity index (χ3v) is 3.98. The lowest BCUT2D eigenvalue weighted by Crippen LogP contribution is -2.40. The molecule has 2 rings (SSSR count). The first-order valence-electron chi connectivity index (χ1n) is 5.58. The monoisotopic (exact) mass is 232 g/mol. The van der Waals surface area contributed by atoms with E-state index in [1.165, 1.54) is 5.56 Å². The van der Waals surface area contributed by atoms with Crippen molar-refractivity contribution in [3.8, 4) is 6.07 Å². The van der Waals surface area contributed by atoms with Gasteiger partial charge in [-0.3, -0.25) is 0 Å². The number of nitrogens with zero attached hydrogens (tertiary/aromatic N) is 1. The van der Waals surface area contributed by atoms with E-state index in [-0.39, 0.29) is 5.54 Å². The molecule has 1 aliphatic rings. The van der Waals surface area contributed by atoms with Crippen LogP contribution in [0.25, 0.3) is 0 Å². The van der Waals surface area contributed by atoms with Crippen LogP contribution in [0.1, 0.15) is 18.4 Å². The van der Waals surface area contributed by atoms with Gasteiger partial charge in [0, 0.05) is 5.69 Å². The number of benzene rings is 1. The number of rotatable bonds is 2. The Morgan fingerprint density at radius 1 is 1.25 bits per heavy atom. The first kappa shape index (κ1) is 11.3. The molecule has 1 aliphatic heterocycles. The molecule has 2 nitrogen and oxygen atoms in total. The van der Waals surface area contributed by atoms with Crippen molar-refractivity contribution in [3.63, 3.8) is 0 Å². The second-order valence-corrected chi connectivity index (χ2v) is 5.52. The van der Waals surface area contributed by atoms with Gasteiger partial charge in [0.05, 0.1) is 6.07 Å². The summed E-state index contributed by atoms with van der Waals surface area (Å²) < 4.78 is 0. The van der Waals surface area contributed by atoms with Crippen LogP contribution < -0.4 is 5.32 Å². The normalized spacial score (nSPS) is 18.8. The fraction of sp³-hybridized carbons (Fsp3) is 0.462. The zero-order valence-corrected chi connectivity index (χ0v) is 10.3. The van der Waals surface area contributed by atoms with Crippen molar-refractivity contribution >= 4 is 17.4 Å². The average Bonchev–Trinajstić information content (AvgIpc) is 2.33. The summed E-state index contributed by atoms with van der Waals surface area (Å²) in [6.45, 7) is 2.07. The van der Waals surface area contributed by atoms with Crippen molar-refractivity contribution in [3.05, 3.63) is 29.8 Å². The Bertz CT molecular complexity index is 385. The summed E-state index contributed by atoms with van der Waals surface area (Å²) in [6, 6.07) is 10.7. The molecule has 0 saturated carbocycles. The van der Waals surface area contributed by atoms with Crippen molar-refractivity contribution in [2.24, 2.45) is 0 Å². The van der Waals surface area contributed by atoms with E-state index in [2.05, 4.69) is 42.6 Å². The van der Waals surface area contributed by atoms with Crippen LogP contribution in [0.4, 0.5) is 5.69 Å². The average molecular weight is 232 g/mol. The summed E-state index contributed by atoms with van der Waals surface area (Å²) in [6.07, 6.45) is 1.87. The van der Waals surface area contributed by atoms with Crippen molar-refractivity contribution < 1.29 is 0 Å². The topological polar surface area (TPSA) is 35.8 Å². The fourth-order valence-corrected chi connectivity index (χ4v) is 3.09. The van der Waals surface area contributed by atoms with E-state index in [9.17, 15) is 5.26 Å². The van der Waals surface area contributed by atoms with Gasteiger partial charge >= 0.3 is 0 Å². The highest BCUT2D eigenvalue weighted by Gasteiger charge is 2.31. The number of nitriles is 1. The molecule has 0 unspecified atom stereocenters. The largest absolute Gasteiger partial charge is 0.367 e. The SMILES string of the molecule is Cc1ccc(NC2(C#N)CCSCC2)cc1. The number of aryl methyl sites for hydroxylation is 1. The Hall–Kier alpha value is -1.14. The van der Waals surface area contributed by atoms with Crippen LogP contribution >= 0.6 is 11.8 Å². The minimum atomic E-state index is -0.347. The van der Waals surface area contributed by atoms with Crippen LogP contribution in [-0.2, 0) is 0 Å². The summed E-state index contributed by atoms with van der Waals surface area (Å²) >= 11 is 1.93. The summed E-state index contributed by atoms with van der Waals surface area (Å²) in [5, 5.41) is 12.7. The molecule has 0 aromatic heterocycles. The molecule has 0 radical (unpaired) electrons. The van der Waals surface area contributed by atoms with Gasteiger partial charge in [0.2, 0.25) is 0 Å². The molecule has 0 aliphatic carbocycles. The van der Waals surface area contributed by atoms with Gasteiger partial charge in [-0.05, 0) is 43.4 Å². The van der Waals surface area contributed by atoms with E-state index in [0.717, 1.165) is 30.0 Å². The van der Waals surface area contributed by atoms with Crippen molar-refractivity contribution in [1.29, 1.82) is 5.26 Å². The lowest BCUT2D eigenvalue weighted by molar-refractivity contribution is 0.545. The summed E-state index contributed by atoms with van der Waals surface area (Å²) in [4.78, 5) is 0. The summed E-state index contributed by atoms with van der Waals surface area (Å²) in [5.74, 6) is 2.15. The van der Waals surface area contributed by atoms with Gasteiger partial charge in [-0.1, -0.05) is 17.7 Å². The standard InChI is InChI=1S/C13H16N2S/c1-11-2-4-12(5-3-11)15-13(10-14)6-8-16-9-7-13/h2-5,15H,6-9H2,1H3. The van der Waals surface area contributed by atoms with Gasteiger partial charge in [-0.2, -0.15) is 17.0 Å². The second kappa shape index (κ2) is 4.80. The van der Waals surface area contributed by atoms with Crippen LogP contribution in [-0.4, -0.2) is 17.0 Å². The van der Waals surface area contributed by atoms with E-state index in [1.807, 2.05) is 11.8 Å². The highest BCUT2D eigenvalue weighted by Crippen LogP contribution is 2.30. The third-order valence-electron chi connectivity index (χ3n) is 3.00. The molecule has 84 valence electrons. The minimum absolute atomic E-state index is 0.347. The van der Waals surface area contributed by atoms with Gasteiger partial charge in [-0.25, -0.2) is 0 Å². The summed E-state index contributed by atoms with van der Waals surface area (Å²) in [7, 11) is 0. The Morgan fingerprint density at radius 3 is 2.44 bits per heavy atom. The third kappa shape index (κ3) is 2.51. The first-order valence-corrected chi connectivity index (χ1v) is 6.73. The quantitative estimate of drug-likeness (QED) is 0.850. The molecule has 1 heterocycles. The lowest BCUT2D eigenvalue weighted by atomic mass is 9.93. The maximum Gasteiger partial charge on any atom is 0.126 e. The molecule has 1 aromatic carbocycles. The molecule has 1 N–H and O–H groups in total. The molecule has 0 bridgehead atoms. The molecular weight excluding hydrogens is 216 g/mol. The Morgan fingerprint density at radius 2 is 1.88 bits per heavy atom. The van der Waals surface area contributed by atoms with Crippen molar-refractivity contribution in [2.75, 3.05) is 16.8 Å². The molecular formula is C13H16N2S. The van der Waals surface area contributed by atoms with Gasteiger partial charge in [-0.15, -0.1) is 0 Å². The van der Waals surface area contributed by atoms with Crippen LogP contribution in [0, 0.1) is 18.3 Å². The molecule has 16 heavy (non-hydrogen) atoms. The molecule has 0 atom stereocenters. The molecule has 1 aromatic rings. The van der Waals surface area contributed by atoms with E-state index in [1.54, 1.807) is 0 Å². The van der Waals surface area contributed by atoms with E-state index in [0.29, 0.717) is 0 Å². The molecule has 0 amide bonds. The van der Waals surface area contributed by atoms with Crippen molar-refractivity contribution in [1.82, 2.24) is 0 Å². The zero-order chi connectivity index (χ0) is 11.4. The van der Waals surface area contributed by atoms with E-state index < -0.39 is 0 Å². The highest BCUT2D eigenvalue weighted by molar-refractivity contribution is 7.99. The summed E-state index contributed by atoms with van der Waals surface area (Å²) in [5.41, 5.74) is 1.95. The van der Waals surface area contributed by atoms with Gasteiger partial charge < -0.3 is 5.32 Å². The molecule has 3 heteroatoms. The fourth-order valence-electron chi connectivity index (χ4n) is 1.90.